The van der Waals surface area contributed by atoms with Crippen molar-refractivity contribution in [1.82, 2.24) is 20.4 Å². The first-order valence-electron chi connectivity index (χ1n) is 8.74. The zero-order valence-corrected chi connectivity index (χ0v) is 13.7. The normalized spacial score (nSPS) is 36.2. The van der Waals surface area contributed by atoms with Crippen LogP contribution in [0.3, 0.4) is 0 Å². The minimum Gasteiger partial charge on any atom is -0.383 e. The number of likely N-dealkylation sites (tertiary alicyclic amines) is 1. The standard InChI is InChI=1S/C17H26N4O2/c1-12-8-16(11-18-12)9-13(10-16)15(22)21-6-3-17(23,4-7-21)14-2-5-19-20-14/h2,5,12-13,18,23H,3-4,6-11H2,1H3,(H,19,20). The van der Waals surface area contributed by atoms with Crippen molar-refractivity contribution < 1.29 is 9.90 Å². The van der Waals surface area contributed by atoms with Gasteiger partial charge in [0.1, 0.15) is 5.60 Å². The Balaban J connectivity index is 1.32. The van der Waals surface area contributed by atoms with Crippen LogP contribution >= 0.6 is 0 Å². The molecule has 1 saturated carbocycles. The average Bonchev–Trinajstić information content (AvgIpc) is 3.15. The highest BCUT2D eigenvalue weighted by Gasteiger charge is 2.51. The van der Waals surface area contributed by atoms with E-state index in [2.05, 4.69) is 22.4 Å². The smallest absolute Gasteiger partial charge is 0.225 e. The summed E-state index contributed by atoms with van der Waals surface area (Å²) in [5, 5.41) is 21.0. The van der Waals surface area contributed by atoms with E-state index in [9.17, 15) is 9.90 Å². The van der Waals surface area contributed by atoms with Gasteiger partial charge in [-0.3, -0.25) is 9.89 Å². The number of hydrogen-bond acceptors (Lipinski definition) is 4. The van der Waals surface area contributed by atoms with Crippen molar-refractivity contribution in [3.63, 3.8) is 0 Å². The molecule has 1 amide bonds. The van der Waals surface area contributed by atoms with E-state index in [4.69, 9.17) is 0 Å². The Morgan fingerprint density at radius 1 is 1.35 bits per heavy atom. The lowest BCUT2D eigenvalue weighted by atomic mass is 9.60. The maximum absolute atomic E-state index is 12.7. The van der Waals surface area contributed by atoms with Crippen LogP contribution in [0.4, 0.5) is 0 Å². The monoisotopic (exact) mass is 318 g/mol. The zero-order chi connectivity index (χ0) is 16.1. The number of nitrogens with zero attached hydrogens (tertiary/aromatic N) is 2. The van der Waals surface area contributed by atoms with Crippen molar-refractivity contribution in [2.45, 2.75) is 50.7 Å². The van der Waals surface area contributed by atoms with Gasteiger partial charge in [0, 0.05) is 37.8 Å². The van der Waals surface area contributed by atoms with Gasteiger partial charge in [0.05, 0.1) is 5.69 Å². The Morgan fingerprint density at radius 2 is 2.09 bits per heavy atom. The van der Waals surface area contributed by atoms with E-state index < -0.39 is 5.60 Å². The predicted octanol–water partition coefficient (Wildman–Crippen LogP) is 0.998. The number of piperidine rings is 1. The second-order valence-electron chi connectivity index (χ2n) is 7.92. The van der Waals surface area contributed by atoms with E-state index in [1.807, 2.05) is 11.0 Å². The lowest BCUT2D eigenvalue weighted by Gasteiger charge is -2.47. The lowest BCUT2D eigenvalue weighted by molar-refractivity contribution is -0.147. The molecule has 3 N–H and O–H groups in total. The Hall–Kier alpha value is -1.40. The zero-order valence-electron chi connectivity index (χ0n) is 13.7. The number of carbonyl (C=O) groups excluding carboxylic acids is 1. The molecule has 4 rings (SSSR count). The van der Waals surface area contributed by atoms with E-state index in [1.54, 1.807) is 6.20 Å². The van der Waals surface area contributed by atoms with Gasteiger partial charge in [-0.2, -0.15) is 5.10 Å². The molecule has 6 nitrogen and oxygen atoms in total. The molecule has 1 spiro atoms. The molecule has 3 heterocycles. The number of H-pyrrole nitrogens is 1. The molecule has 6 heteroatoms. The van der Waals surface area contributed by atoms with Gasteiger partial charge in [0.25, 0.3) is 0 Å². The van der Waals surface area contributed by atoms with Gasteiger partial charge in [-0.1, -0.05) is 0 Å². The van der Waals surface area contributed by atoms with Crippen molar-refractivity contribution in [2.75, 3.05) is 19.6 Å². The number of aliphatic hydroxyl groups is 1. The molecular weight excluding hydrogens is 292 g/mol. The summed E-state index contributed by atoms with van der Waals surface area (Å²) >= 11 is 0. The molecule has 3 fully saturated rings. The Kier molecular flexibility index (Phi) is 3.50. The third-order valence-electron chi connectivity index (χ3n) is 6.18. The van der Waals surface area contributed by atoms with Crippen LogP contribution in [0.2, 0.25) is 0 Å². The van der Waals surface area contributed by atoms with Crippen molar-refractivity contribution in [2.24, 2.45) is 11.3 Å². The van der Waals surface area contributed by atoms with Gasteiger partial charge in [-0.25, -0.2) is 0 Å². The van der Waals surface area contributed by atoms with Crippen molar-refractivity contribution >= 4 is 5.91 Å². The first-order valence-corrected chi connectivity index (χ1v) is 8.74. The van der Waals surface area contributed by atoms with Crippen LogP contribution < -0.4 is 5.32 Å². The number of nitrogens with one attached hydrogen (secondary N) is 2. The van der Waals surface area contributed by atoms with Crippen molar-refractivity contribution in [3.05, 3.63) is 18.0 Å². The number of hydrogen-bond donors (Lipinski definition) is 3. The Morgan fingerprint density at radius 3 is 2.65 bits per heavy atom. The third-order valence-corrected chi connectivity index (χ3v) is 6.18. The Bertz CT molecular complexity index is 571. The molecule has 1 atom stereocenters. The average molecular weight is 318 g/mol. The van der Waals surface area contributed by atoms with E-state index in [-0.39, 0.29) is 5.92 Å². The summed E-state index contributed by atoms with van der Waals surface area (Å²) in [7, 11) is 0. The highest BCUT2D eigenvalue weighted by molar-refractivity contribution is 5.80. The number of rotatable bonds is 2. The fraction of sp³-hybridized carbons (Fsp3) is 0.765. The van der Waals surface area contributed by atoms with E-state index in [1.165, 1.54) is 6.42 Å². The molecule has 0 radical (unpaired) electrons. The van der Waals surface area contributed by atoms with E-state index in [0.29, 0.717) is 43.3 Å². The molecule has 1 aromatic rings. The number of carbonyl (C=O) groups is 1. The summed E-state index contributed by atoms with van der Waals surface area (Å²) in [6.07, 6.45) is 6.09. The highest BCUT2D eigenvalue weighted by atomic mass is 16.3. The fourth-order valence-electron chi connectivity index (χ4n) is 4.80. The molecule has 0 aromatic carbocycles. The molecular formula is C17H26N4O2. The van der Waals surface area contributed by atoms with Crippen LogP contribution in [0.25, 0.3) is 0 Å². The number of aromatic nitrogens is 2. The maximum atomic E-state index is 12.7. The summed E-state index contributed by atoms with van der Waals surface area (Å²) in [5.74, 6) is 0.488. The highest BCUT2D eigenvalue weighted by Crippen LogP contribution is 2.51. The Labute approximate surface area is 136 Å². The summed E-state index contributed by atoms with van der Waals surface area (Å²) < 4.78 is 0. The first-order chi connectivity index (χ1) is 11.0. The van der Waals surface area contributed by atoms with Gasteiger partial charge >= 0.3 is 0 Å². The van der Waals surface area contributed by atoms with Gasteiger partial charge in [-0.05, 0) is 50.5 Å². The molecule has 3 aliphatic rings. The molecule has 0 bridgehead atoms. The van der Waals surface area contributed by atoms with Crippen LogP contribution in [0.1, 0.15) is 44.7 Å². The molecule has 1 unspecified atom stereocenters. The van der Waals surface area contributed by atoms with Crippen LogP contribution in [-0.4, -0.2) is 51.8 Å². The summed E-state index contributed by atoms with van der Waals surface area (Å²) in [6, 6.07) is 2.41. The summed E-state index contributed by atoms with van der Waals surface area (Å²) in [4.78, 5) is 14.7. The molecule has 2 saturated heterocycles. The quantitative estimate of drug-likeness (QED) is 0.760. The van der Waals surface area contributed by atoms with E-state index >= 15 is 0 Å². The minimum absolute atomic E-state index is 0.195. The third kappa shape index (κ3) is 2.58. The van der Waals surface area contributed by atoms with E-state index in [0.717, 1.165) is 25.1 Å². The maximum Gasteiger partial charge on any atom is 0.225 e. The molecule has 1 aromatic heterocycles. The lowest BCUT2D eigenvalue weighted by Crippen LogP contribution is -2.52. The van der Waals surface area contributed by atoms with Crippen LogP contribution in [0, 0.1) is 11.3 Å². The predicted molar refractivity (Wildman–Crippen MR) is 85.5 cm³/mol. The van der Waals surface area contributed by atoms with Crippen LogP contribution in [0.15, 0.2) is 12.3 Å². The molecule has 23 heavy (non-hydrogen) atoms. The largest absolute Gasteiger partial charge is 0.383 e. The van der Waals surface area contributed by atoms with Gasteiger partial charge < -0.3 is 15.3 Å². The summed E-state index contributed by atoms with van der Waals surface area (Å²) in [5.41, 5.74) is 0.281. The fourth-order valence-corrected chi connectivity index (χ4v) is 4.80. The van der Waals surface area contributed by atoms with Crippen molar-refractivity contribution in [1.29, 1.82) is 0 Å². The SMILES string of the molecule is CC1CC2(CN1)CC(C(=O)N1CCC(O)(c3ccn[nH]3)CC1)C2. The molecule has 126 valence electrons. The van der Waals surface area contributed by atoms with Crippen molar-refractivity contribution in [3.8, 4) is 0 Å². The number of amides is 1. The van der Waals surface area contributed by atoms with Gasteiger partial charge in [0.15, 0.2) is 0 Å². The minimum atomic E-state index is -0.862. The summed E-state index contributed by atoms with van der Waals surface area (Å²) in [6.45, 7) is 4.56. The van der Waals surface area contributed by atoms with Gasteiger partial charge in [0.2, 0.25) is 5.91 Å². The molecule has 1 aliphatic carbocycles. The second kappa shape index (κ2) is 5.31. The molecule has 2 aliphatic heterocycles. The number of aromatic amines is 1. The first kappa shape index (κ1) is 15.1. The van der Waals surface area contributed by atoms with Crippen LogP contribution in [-0.2, 0) is 10.4 Å². The van der Waals surface area contributed by atoms with Gasteiger partial charge in [-0.15, -0.1) is 0 Å². The second-order valence-corrected chi connectivity index (χ2v) is 7.92. The van der Waals surface area contributed by atoms with Crippen LogP contribution in [0.5, 0.6) is 0 Å². The topological polar surface area (TPSA) is 81.2 Å².